The van der Waals surface area contributed by atoms with Crippen molar-refractivity contribution < 1.29 is 4.84 Å². The van der Waals surface area contributed by atoms with Crippen LogP contribution in [0.5, 0.6) is 0 Å². The second kappa shape index (κ2) is 4.56. The summed E-state index contributed by atoms with van der Waals surface area (Å²) in [7, 11) is 0. The zero-order valence-electron chi connectivity index (χ0n) is 9.64. The third kappa shape index (κ3) is 2.13. The smallest absolute Gasteiger partial charge is 0.0935 e. The average Bonchev–Trinajstić information content (AvgIpc) is 2.88. The maximum atomic E-state index is 5.86. The molecule has 1 aliphatic carbocycles. The largest absolute Gasteiger partial charge is 0.294 e. The topological polar surface area (TPSA) is 12.5 Å². The van der Waals surface area contributed by atoms with E-state index in [0.717, 1.165) is 31.5 Å². The number of fused-ring (bicyclic) bond motifs is 1. The van der Waals surface area contributed by atoms with Gasteiger partial charge in [0.2, 0.25) is 0 Å². The highest BCUT2D eigenvalue weighted by atomic mass is 16.7. The van der Waals surface area contributed by atoms with Crippen LogP contribution in [0.3, 0.4) is 0 Å². The number of nitrogens with zero attached hydrogens (tertiary/aromatic N) is 1. The highest BCUT2D eigenvalue weighted by Gasteiger charge is 2.36. The molecule has 0 bridgehead atoms. The van der Waals surface area contributed by atoms with E-state index in [4.69, 9.17) is 4.84 Å². The highest BCUT2D eigenvalue weighted by molar-refractivity contribution is 5.13. The Morgan fingerprint density at radius 1 is 1.06 bits per heavy atom. The quantitative estimate of drug-likeness (QED) is 0.772. The lowest BCUT2D eigenvalue weighted by Crippen LogP contribution is -2.21. The highest BCUT2D eigenvalue weighted by Crippen LogP contribution is 2.37. The van der Waals surface area contributed by atoms with Gasteiger partial charge in [0.25, 0.3) is 0 Å². The van der Waals surface area contributed by atoms with Crippen molar-refractivity contribution in [3.05, 3.63) is 35.9 Å². The molecule has 2 aliphatic rings. The Bertz CT molecular complexity index is 326. The molecule has 1 saturated heterocycles. The van der Waals surface area contributed by atoms with Crippen LogP contribution in [0.1, 0.15) is 24.8 Å². The van der Waals surface area contributed by atoms with Crippen LogP contribution in [-0.4, -0.2) is 18.2 Å². The SMILES string of the molecule is c1ccc(CON2CC3CCCC3C2)cc1. The minimum atomic E-state index is 0.722. The summed E-state index contributed by atoms with van der Waals surface area (Å²) in [4.78, 5) is 5.86. The van der Waals surface area contributed by atoms with Gasteiger partial charge in [0.1, 0.15) is 0 Å². The first-order valence-electron chi connectivity index (χ1n) is 6.33. The summed E-state index contributed by atoms with van der Waals surface area (Å²) in [5.74, 6) is 1.83. The molecule has 2 unspecified atom stereocenters. The van der Waals surface area contributed by atoms with Gasteiger partial charge in [-0.15, -0.1) is 0 Å². The Labute approximate surface area is 97.2 Å². The molecule has 16 heavy (non-hydrogen) atoms. The summed E-state index contributed by atoms with van der Waals surface area (Å²) in [6.45, 7) is 3.02. The summed E-state index contributed by atoms with van der Waals surface area (Å²) < 4.78 is 0. The minimum absolute atomic E-state index is 0.722. The first kappa shape index (κ1) is 10.3. The van der Waals surface area contributed by atoms with Crippen molar-refractivity contribution in [1.29, 1.82) is 0 Å². The van der Waals surface area contributed by atoms with E-state index < -0.39 is 0 Å². The van der Waals surface area contributed by atoms with Gasteiger partial charge in [-0.3, -0.25) is 4.84 Å². The molecule has 2 heteroatoms. The number of hydroxylamine groups is 2. The van der Waals surface area contributed by atoms with Crippen LogP contribution in [0.25, 0.3) is 0 Å². The maximum absolute atomic E-state index is 5.86. The van der Waals surface area contributed by atoms with Gasteiger partial charge in [-0.25, -0.2) is 0 Å². The Morgan fingerprint density at radius 3 is 2.44 bits per heavy atom. The zero-order valence-corrected chi connectivity index (χ0v) is 9.64. The van der Waals surface area contributed by atoms with E-state index in [1.807, 2.05) is 6.07 Å². The molecular weight excluding hydrogens is 198 g/mol. The fourth-order valence-corrected chi connectivity index (χ4v) is 3.04. The van der Waals surface area contributed by atoms with Crippen molar-refractivity contribution in [2.24, 2.45) is 11.8 Å². The Balaban J connectivity index is 1.50. The zero-order chi connectivity index (χ0) is 10.8. The third-order valence-corrected chi connectivity index (χ3v) is 3.95. The van der Waals surface area contributed by atoms with E-state index in [1.54, 1.807) is 0 Å². The van der Waals surface area contributed by atoms with Crippen LogP contribution < -0.4 is 0 Å². The molecule has 0 spiro atoms. The molecule has 2 nitrogen and oxygen atoms in total. The van der Waals surface area contributed by atoms with Gasteiger partial charge >= 0.3 is 0 Å². The molecule has 0 aromatic heterocycles. The second-order valence-corrected chi connectivity index (χ2v) is 5.06. The summed E-state index contributed by atoms with van der Waals surface area (Å²) in [5, 5.41) is 2.18. The Morgan fingerprint density at radius 2 is 1.75 bits per heavy atom. The van der Waals surface area contributed by atoms with Crippen LogP contribution >= 0.6 is 0 Å². The lowest BCUT2D eigenvalue weighted by Gasteiger charge is -2.16. The molecule has 1 aliphatic heterocycles. The van der Waals surface area contributed by atoms with Crippen molar-refractivity contribution >= 4 is 0 Å². The van der Waals surface area contributed by atoms with Crippen molar-refractivity contribution in [1.82, 2.24) is 5.06 Å². The standard InChI is InChI=1S/C14H19NO/c1-2-5-12(6-3-1)11-16-15-9-13-7-4-8-14(13)10-15/h1-3,5-6,13-14H,4,7-11H2. The van der Waals surface area contributed by atoms with Gasteiger partial charge in [-0.05, 0) is 30.2 Å². The first-order valence-corrected chi connectivity index (χ1v) is 6.33. The molecule has 86 valence electrons. The summed E-state index contributed by atoms with van der Waals surface area (Å²) >= 11 is 0. The molecule has 1 aromatic carbocycles. The first-order chi connectivity index (χ1) is 7.92. The van der Waals surface area contributed by atoms with Crippen molar-refractivity contribution in [2.45, 2.75) is 25.9 Å². The number of hydrogen-bond donors (Lipinski definition) is 0. The number of rotatable bonds is 3. The average molecular weight is 217 g/mol. The molecule has 0 radical (unpaired) electrons. The maximum Gasteiger partial charge on any atom is 0.0935 e. The van der Waals surface area contributed by atoms with Crippen LogP contribution in [-0.2, 0) is 11.4 Å². The Kier molecular flexibility index (Phi) is 2.94. The van der Waals surface area contributed by atoms with Crippen LogP contribution in [0.15, 0.2) is 30.3 Å². The molecule has 0 amide bonds. The molecule has 1 saturated carbocycles. The molecular formula is C14H19NO. The van der Waals surface area contributed by atoms with E-state index in [9.17, 15) is 0 Å². The fourth-order valence-electron chi connectivity index (χ4n) is 3.04. The summed E-state index contributed by atoms with van der Waals surface area (Å²) in [5.41, 5.74) is 1.26. The predicted octanol–water partition coefficient (Wildman–Crippen LogP) is 2.85. The molecule has 2 fully saturated rings. The molecule has 0 N–H and O–H groups in total. The summed E-state index contributed by atoms with van der Waals surface area (Å²) in [6, 6.07) is 10.4. The minimum Gasteiger partial charge on any atom is -0.294 e. The van der Waals surface area contributed by atoms with Gasteiger partial charge in [0, 0.05) is 13.1 Å². The lowest BCUT2D eigenvalue weighted by molar-refractivity contribution is -0.158. The van der Waals surface area contributed by atoms with Gasteiger partial charge in [-0.2, -0.15) is 5.06 Å². The van der Waals surface area contributed by atoms with Crippen molar-refractivity contribution in [3.63, 3.8) is 0 Å². The van der Waals surface area contributed by atoms with Crippen molar-refractivity contribution in [2.75, 3.05) is 13.1 Å². The predicted molar refractivity (Wildman–Crippen MR) is 63.6 cm³/mol. The van der Waals surface area contributed by atoms with Crippen molar-refractivity contribution in [3.8, 4) is 0 Å². The second-order valence-electron chi connectivity index (χ2n) is 5.06. The third-order valence-electron chi connectivity index (χ3n) is 3.95. The normalized spacial score (nSPS) is 29.5. The number of hydrogen-bond acceptors (Lipinski definition) is 2. The van der Waals surface area contributed by atoms with E-state index in [-0.39, 0.29) is 0 Å². The van der Waals surface area contributed by atoms with Gasteiger partial charge in [0.05, 0.1) is 6.61 Å². The van der Waals surface area contributed by atoms with Gasteiger partial charge in [0.15, 0.2) is 0 Å². The van der Waals surface area contributed by atoms with Gasteiger partial charge in [-0.1, -0.05) is 36.8 Å². The molecule has 3 rings (SSSR count). The summed E-state index contributed by atoms with van der Waals surface area (Å²) in [6.07, 6.45) is 4.26. The van der Waals surface area contributed by atoms with E-state index in [1.165, 1.54) is 24.8 Å². The fraction of sp³-hybridized carbons (Fsp3) is 0.571. The Hall–Kier alpha value is -0.860. The molecule has 1 heterocycles. The van der Waals surface area contributed by atoms with E-state index in [0.29, 0.717) is 0 Å². The van der Waals surface area contributed by atoms with Gasteiger partial charge < -0.3 is 0 Å². The number of benzene rings is 1. The van der Waals surface area contributed by atoms with Crippen LogP contribution in [0.4, 0.5) is 0 Å². The lowest BCUT2D eigenvalue weighted by atomic mass is 10.0. The molecule has 1 aromatic rings. The monoisotopic (exact) mass is 217 g/mol. The van der Waals surface area contributed by atoms with E-state index in [2.05, 4.69) is 29.3 Å². The molecule has 2 atom stereocenters. The van der Waals surface area contributed by atoms with Crippen LogP contribution in [0.2, 0.25) is 0 Å². The van der Waals surface area contributed by atoms with E-state index >= 15 is 0 Å². The van der Waals surface area contributed by atoms with Crippen LogP contribution in [0, 0.1) is 11.8 Å².